The van der Waals surface area contributed by atoms with Crippen LogP contribution in [-0.2, 0) is 11.2 Å². The number of amides is 1. The minimum Gasteiger partial charge on any atom is -0.481 e. The standard InChI is InChI=1S/C18H21NO4/c1-11(2)17(13-7-5-4-6-8-13)19-18(22)16-12(3)10-23-14(16)9-15(20)21/h4-8,10-11,17H,9H2,1-3H3,(H,19,22)(H,20,21). The molecule has 0 radical (unpaired) electrons. The zero-order chi connectivity index (χ0) is 17.0. The molecule has 0 saturated carbocycles. The normalized spacial score (nSPS) is 12.2. The Balaban J connectivity index is 2.26. The summed E-state index contributed by atoms with van der Waals surface area (Å²) in [6.45, 7) is 5.79. The predicted octanol–water partition coefficient (Wildman–Crippen LogP) is 3.34. The number of hydrogen-bond donors (Lipinski definition) is 2. The molecule has 1 amide bonds. The molecule has 0 aliphatic rings. The lowest BCUT2D eigenvalue weighted by atomic mass is 9.95. The van der Waals surface area contributed by atoms with Crippen molar-refractivity contribution in [3.05, 3.63) is 59.0 Å². The van der Waals surface area contributed by atoms with Gasteiger partial charge in [-0.1, -0.05) is 44.2 Å². The van der Waals surface area contributed by atoms with E-state index < -0.39 is 5.97 Å². The fourth-order valence-electron chi connectivity index (χ4n) is 2.58. The summed E-state index contributed by atoms with van der Waals surface area (Å²) in [6.07, 6.45) is 1.11. The van der Waals surface area contributed by atoms with Crippen LogP contribution in [0.3, 0.4) is 0 Å². The first-order valence-corrected chi connectivity index (χ1v) is 7.54. The van der Waals surface area contributed by atoms with E-state index in [0.29, 0.717) is 11.1 Å². The summed E-state index contributed by atoms with van der Waals surface area (Å²) in [4.78, 5) is 23.6. The van der Waals surface area contributed by atoms with Gasteiger partial charge in [0.05, 0.1) is 17.9 Å². The van der Waals surface area contributed by atoms with Crippen molar-refractivity contribution in [3.63, 3.8) is 0 Å². The van der Waals surface area contributed by atoms with E-state index in [9.17, 15) is 9.59 Å². The molecule has 1 atom stereocenters. The number of carbonyl (C=O) groups is 2. The Morgan fingerprint density at radius 1 is 1.22 bits per heavy atom. The highest BCUT2D eigenvalue weighted by atomic mass is 16.4. The van der Waals surface area contributed by atoms with Gasteiger partial charge in [0.15, 0.2) is 0 Å². The number of benzene rings is 1. The van der Waals surface area contributed by atoms with Crippen molar-refractivity contribution in [1.29, 1.82) is 0 Å². The molecule has 122 valence electrons. The Morgan fingerprint density at radius 2 is 1.87 bits per heavy atom. The van der Waals surface area contributed by atoms with Gasteiger partial charge in [-0.05, 0) is 18.4 Å². The molecule has 0 bridgehead atoms. The number of rotatable bonds is 6. The van der Waals surface area contributed by atoms with Crippen molar-refractivity contribution in [2.45, 2.75) is 33.2 Å². The van der Waals surface area contributed by atoms with Crippen LogP contribution < -0.4 is 5.32 Å². The molecule has 2 aromatic rings. The van der Waals surface area contributed by atoms with Gasteiger partial charge in [-0.2, -0.15) is 0 Å². The van der Waals surface area contributed by atoms with Crippen LogP contribution in [0.25, 0.3) is 0 Å². The summed E-state index contributed by atoms with van der Waals surface area (Å²) < 4.78 is 5.23. The monoisotopic (exact) mass is 315 g/mol. The second-order valence-electron chi connectivity index (χ2n) is 5.89. The Labute approximate surface area is 135 Å². The molecule has 1 aromatic carbocycles. The van der Waals surface area contributed by atoms with E-state index in [4.69, 9.17) is 9.52 Å². The van der Waals surface area contributed by atoms with Gasteiger partial charge in [-0.15, -0.1) is 0 Å². The van der Waals surface area contributed by atoms with E-state index >= 15 is 0 Å². The van der Waals surface area contributed by atoms with E-state index in [0.717, 1.165) is 5.56 Å². The maximum Gasteiger partial charge on any atom is 0.311 e. The maximum atomic E-state index is 12.7. The van der Waals surface area contributed by atoms with Gasteiger partial charge in [-0.25, -0.2) is 0 Å². The highest BCUT2D eigenvalue weighted by molar-refractivity contribution is 5.97. The number of carbonyl (C=O) groups excluding carboxylic acids is 1. The maximum absolute atomic E-state index is 12.7. The van der Waals surface area contributed by atoms with Crippen LogP contribution in [0.4, 0.5) is 0 Å². The van der Waals surface area contributed by atoms with Crippen molar-refractivity contribution < 1.29 is 19.1 Å². The number of hydrogen-bond acceptors (Lipinski definition) is 3. The summed E-state index contributed by atoms with van der Waals surface area (Å²) in [5.74, 6) is -0.966. The summed E-state index contributed by atoms with van der Waals surface area (Å²) in [6, 6.07) is 9.55. The molecular weight excluding hydrogens is 294 g/mol. The largest absolute Gasteiger partial charge is 0.481 e. The molecule has 5 heteroatoms. The van der Waals surface area contributed by atoms with Gasteiger partial charge in [0.1, 0.15) is 12.2 Å². The van der Waals surface area contributed by atoms with Gasteiger partial charge < -0.3 is 14.8 Å². The third kappa shape index (κ3) is 4.00. The first kappa shape index (κ1) is 16.8. The van der Waals surface area contributed by atoms with Crippen molar-refractivity contribution in [3.8, 4) is 0 Å². The summed E-state index contributed by atoms with van der Waals surface area (Å²) in [7, 11) is 0. The smallest absolute Gasteiger partial charge is 0.311 e. The molecule has 23 heavy (non-hydrogen) atoms. The van der Waals surface area contributed by atoms with Gasteiger partial charge >= 0.3 is 5.97 Å². The van der Waals surface area contributed by atoms with E-state index in [1.54, 1.807) is 6.92 Å². The minimum absolute atomic E-state index is 0.157. The van der Waals surface area contributed by atoms with Crippen molar-refractivity contribution in [2.24, 2.45) is 5.92 Å². The molecule has 1 unspecified atom stereocenters. The molecule has 0 aliphatic heterocycles. The zero-order valence-corrected chi connectivity index (χ0v) is 13.5. The first-order chi connectivity index (χ1) is 10.9. The van der Waals surface area contributed by atoms with Crippen LogP contribution in [0.2, 0.25) is 0 Å². The molecule has 0 fully saturated rings. The summed E-state index contributed by atoms with van der Waals surface area (Å²) in [5.41, 5.74) is 1.96. The molecular formula is C18H21NO4. The Morgan fingerprint density at radius 3 is 2.43 bits per heavy atom. The van der Waals surface area contributed by atoms with E-state index in [2.05, 4.69) is 5.32 Å². The van der Waals surface area contributed by atoms with Crippen LogP contribution >= 0.6 is 0 Å². The highest BCUT2D eigenvalue weighted by Crippen LogP contribution is 2.24. The number of aliphatic carboxylic acids is 1. The van der Waals surface area contributed by atoms with E-state index in [1.807, 2.05) is 44.2 Å². The molecule has 0 spiro atoms. The fraction of sp³-hybridized carbons (Fsp3) is 0.333. The lowest BCUT2D eigenvalue weighted by Gasteiger charge is -2.23. The molecule has 2 N–H and O–H groups in total. The van der Waals surface area contributed by atoms with Crippen LogP contribution in [0.1, 0.15) is 47.1 Å². The van der Waals surface area contributed by atoms with Crippen molar-refractivity contribution in [1.82, 2.24) is 5.32 Å². The van der Waals surface area contributed by atoms with Gasteiger partial charge in [0, 0.05) is 5.56 Å². The third-order valence-electron chi connectivity index (χ3n) is 3.70. The Bertz CT molecular complexity index is 688. The molecule has 5 nitrogen and oxygen atoms in total. The number of aryl methyl sites for hydroxylation is 1. The molecule has 0 aliphatic carbocycles. The predicted molar refractivity (Wildman–Crippen MR) is 86.3 cm³/mol. The molecule has 1 aromatic heterocycles. The quantitative estimate of drug-likeness (QED) is 0.857. The van der Waals surface area contributed by atoms with Crippen molar-refractivity contribution >= 4 is 11.9 Å². The summed E-state index contributed by atoms with van der Waals surface area (Å²) in [5, 5.41) is 11.9. The summed E-state index contributed by atoms with van der Waals surface area (Å²) >= 11 is 0. The topological polar surface area (TPSA) is 79.5 Å². The zero-order valence-electron chi connectivity index (χ0n) is 13.5. The van der Waals surface area contributed by atoms with Crippen LogP contribution in [0, 0.1) is 12.8 Å². The van der Waals surface area contributed by atoms with E-state index in [-0.39, 0.29) is 30.0 Å². The average molecular weight is 315 g/mol. The molecule has 0 saturated heterocycles. The van der Waals surface area contributed by atoms with Crippen LogP contribution in [-0.4, -0.2) is 17.0 Å². The number of carboxylic acid groups (broad SMARTS) is 1. The van der Waals surface area contributed by atoms with Crippen LogP contribution in [0.5, 0.6) is 0 Å². The number of nitrogens with one attached hydrogen (secondary N) is 1. The number of carboxylic acids is 1. The Hall–Kier alpha value is -2.56. The van der Waals surface area contributed by atoms with Gasteiger partial charge in [0.25, 0.3) is 5.91 Å². The Kier molecular flexibility index (Phi) is 5.21. The first-order valence-electron chi connectivity index (χ1n) is 7.54. The fourth-order valence-corrected chi connectivity index (χ4v) is 2.58. The second-order valence-corrected chi connectivity index (χ2v) is 5.89. The molecule has 1 heterocycles. The third-order valence-corrected chi connectivity index (χ3v) is 3.70. The lowest BCUT2D eigenvalue weighted by Crippen LogP contribution is -2.32. The van der Waals surface area contributed by atoms with Crippen molar-refractivity contribution in [2.75, 3.05) is 0 Å². The van der Waals surface area contributed by atoms with E-state index in [1.165, 1.54) is 6.26 Å². The highest BCUT2D eigenvalue weighted by Gasteiger charge is 2.24. The van der Waals surface area contributed by atoms with Gasteiger partial charge in [0.2, 0.25) is 0 Å². The average Bonchev–Trinajstić information content (AvgIpc) is 2.85. The lowest BCUT2D eigenvalue weighted by molar-refractivity contribution is -0.136. The number of furan rings is 1. The SMILES string of the molecule is Cc1coc(CC(=O)O)c1C(=O)NC(c1ccccc1)C(C)C. The molecule has 2 rings (SSSR count). The van der Waals surface area contributed by atoms with Crippen LogP contribution in [0.15, 0.2) is 41.0 Å². The second kappa shape index (κ2) is 7.13. The van der Waals surface area contributed by atoms with Gasteiger partial charge in [-0.3, -0.25) is 9.59 Å². The minimum atomic E-state index is -1.03.